The lowest BCUT2D eigenvalue weighted by atomic mass is 9.80. The molecule has 0 bridgehead atoms. The Hall–Kier alpha value is -0.830. The predicted molar refractivity (Wildman–Crippen MR) is 104 cm³/mol. The first-order valence-electron chi connectivity index (χ1n) is 10.5. The van der Waals surface area contributed by atoms with Gasteiger partial charge >= 0.3 is 5.97 Å². The Bertz CT molecular complexity index is 411. The zero-order valence-corrected chi connectivity index (χ0v) is 17.0. The number of aliphatic hydroxyl groups is 1. The van der Waals surface area contributed by atoms with Gasteiger partial charge in [0.2, 0.25) is 0 Å². The molecule has 3 heteroatoms. The summed E-state index contributed by atoms with van der Waals surface area (Å²) in [6.45, 7) is 9.04. The van der Waals surface area contributed by atoms with Gasteiger partial charge in [-0.15, -0.1) is 0 Å². The van der Waals surface area contributed by atoms with Crippen LogP contribution in [0.15, 0.2) is 11.6 Å². The van der Waals surface area contributed by atoms with Crippen molar-refractivity contribution in [2.75, 3.05) is 6.61 Å². The molecule has 25 heavy (non-hydrogen) atoms. The van der Waals surface area contributed by atoms with E-state index in [4.69, 9.17) is 4.74 Å². The second-order valence-electron chi connectivity index (χ2n) is 7.83. The minimum Gasteiger partial charge on any atom is -0.466 e. The summed E-state index contributed by atoms with van der Waals surface area (Å²) in [7, 11) is 0. The van der Waals surface area contributed by atoms with Crippen molar-refractivity contribution in [3.8, 4) is 0 Å². The molecule has 0 aromatic rings. The highest BCUT2D eigenvalue weighted by Crippen LogP contribution is 2.34. The van der Waals surface area contributed by atoms with Gasteiger partial charge in [-0.2, -0.15) is 0 Å². The number of carbonyl (C=O) groups excluding carboxylic acids is 1. The van der Waals surface area contributed by atoms with Crippen molar-refractivity contribution in [1.82, 2.24) is 0 Å². The maximum Gasteiger partial charge on any atom is 0.309 e. The number of esters is 1. The minimum atomic E-state index is -0.992. The van der Waals surface area contributed by atoms with Gasteiger partial charge in [-0.1, -0.05) is 70.9 Å². The van der Waals surface area contributed by atoms with Gasteiger partial charge in [0.15, 0.2) is 0 Å². The van der Waals surface area contributed by atoms with Crippen molar-refractivity contribution < 1.29 is 14.6 Å². The molecule has 2 atom stereocenters. The van der Waals surface area contributed by atoms with E-state index in [0.717, 1.165) is 25.2 Å². The summed E-state index contributed by atoms with van der Waals surface area (Å²) in [6, 6.07) is 0. The summed E-state index contributed by atoms with van der Waals surface area (Å²) in [6.07, 6.45) is 13.6. The molecule has 0 saturated carbocycles. The number of hydrogen-bond acceptors (Lipinski definition) is 3. The zero-order valence-electron chi connectivity index (χ0n) is 17.0. The number of rotatable bonds is 12. The SMILES string of the molecule is CCOC(=O)CC1(O)C=C(CC(CC)CCCC(CC)CC)CCC1. The maximum absolute atomic E-state index is 11.8. The minimum absolute atomic E-state index is 0.0931. The largest absolute Gasteiger partial charge is 0.466 e. The first-order chi connectivity index (χ1) is 12.0. The van der Waals surface area contributed by atoms with Crippen molar-refractivity contribution in [1.29, 1.82) is 0 Å². The summed E-state index contributed by atoms with van der Waals surface area (Å²) >= 11 is 0. The summed E-state index contributed by atoms with van der Waals surface area (Å²) < 4.78 is 5.02. The summed E-state index contributed by atoms with van der Waals surface area (Å²) in [5.74, 6) is 1.28. The lowest BCUT2D eigenvalue weighted by Gasteiger charge is -2.30. The molecule has 0 spiro atoms. The van der Waals surface area contributed by atoms with Crippen molar-refractivity contribution in [2.24, 2.45) is 11.8 Å². The van der Waals surface area contributed by atoms with Gasteiger partial charge in [-0.05, 0) is 44.4 Å². The van der Waals surface area contributed by atoms with Gasteiger partial charge < -0.3 is 9.84 Å². The molecule has 146 valence electrons. The summed E-state index contributed by atoms with van der Waals surface area (Å²) in [5.41, 5.74) is 0.348. The monoisotopic (exact) mass is 352 g/mol. The average molecular weight is 353 g/mol. The fraction of sp³-hybridized carbons (Fsp3) is 0.864. The summed E-state index contributed by atoms with van der Waals surface area (Å²) in [4.78, 5) is 11.8. The topological polar surface area (TPSA) is 46.5 Å². The Kier molecular flexibility index (Phi) is 10.4. The van der Waals surface area contributed by atoms with Gasteiger partial charge in [-0.25, -0.2) is 0 Å². The van der Waals surface area contributed by atoms with Crippen molar-refractivity contribution in [3.63, 3.8) is 0 Å². The van der Waals surface area contributed by atoms with Gasteiger partial charge in [0, 0.05) is 0 Å². The van der Waals surface area contributed by atoms with E-state index >= 15 is 0 Å². The van der Waals surface area contributed by atoms with Crippen molar-refractivity contribution in [2.45, 2.75) is 104 Å². The molecule has 0 fully saturated rings. The molecular weight excluding hydrogens is 312 g/mol. The van der Waals surface area contributed by atoms with E-state index < -0.39 is 5.60 Å². The molecule has 1 aliphatic rings. The normalized spacial score (nSPS) is 21.9. The molecule has 1 aliphatic carbocycles. The van der Waals surface area contributed by atoms with E-state index in [2.05, 4.69) is 20.8 Å². The second kappa shape index (κ2) is 11.7. The first kappa shape index (κ1) is 22.2. The quantitative estimate of drug-likeness (QED) is 0.356. The van der Waals surface area contributed by atoms with Crippen LogP contribution >= 0.6 is 0 Å². The van der Waals surface area contributed by atoms with E-state index in [1.807, 2.05) is 6.08 Å². The van der Waals surface area contributed by atoms with E-state index in [0.29, 0.717) is 18.9 Å². The molecule has 0 amide bonds. The Morgan fingerprint density at radius 3 is 2.40 bits per heavy atom. The number of carbonyl (C=O) groups is 1. The Balaban J connectivity index is 2.54. The molecule has 2 unspecified atom stereocenters. The molecule has 0 aromatic carbocycles. The van der Waals surface area contributed by atoms with Crippen LogP contribution in [0.2, 0.25) is 0 Å². The van der Waals surface area contributed by atoms with Crippen LogP contribution in [0.4, 0.5) is 0 Å². The third-order valence-electron chi connectivity index (χ3n) is 5.84. The third kappa shape index (κ3) is 8.40. The van der Waals surface area contributed by atoms with Gasteiger partial charge in [0.1, 0.15) is 0 Å². The average Bonchev–Trinajstić information content (AvgIpc) is 2.57. The van der Waals surface area contributed by atoms with Crippen LogP contribution in [0.3, 0.4) is 0 Å². The molecule has 0 aliphatic heterocycles. The van der Waals surface area contributed by atoms with Crippen LogP contribution in [0, 0.1) is 11.8 Å². The van der Waals surface area contributed by atoms with E-state index in [-0.39, 0.29) is 12.4 Å². The molecule has 3 nitrogen and oxygen atoms in total. The maximum atomic E-state index is 11.8. The van der Waals surface area contributed by atoms with Crippen LogP contribution in [0.1, 0.15) is 98.3 Å². The van der Waals surface area contributed by atoms with E-state index in [9.17, 15) is 9.90 Å². The van der Waals surface area contributed by atoms with E-state index in [1.54, 1.807) is 6.92 Å². The molecule has 0 saturated heterocycles. The Morgan fingerprint density at radius 1 is 1.16 bits per heavy atom. The highest BCUT2D eigenvalue weighted by atomic mass is 16.5. The van der Waals surface area contributed by atoms with Crippen LogP contribution in [-0.2, 0) is 9.53 Å². The molecule has 1 N–H and O–H groups in total. The number of hydrogen-bond donors (Lipinski definition) is 1. The van der Waals surface area contributed by atoms with Gasteiger partial charge in [0.25, 0.3) is 0 Å². The molecule has 0 radical (unpaired) electrons. The molecule has 0 heterocycles. The lowest BCUT2D eigenvalue weighted by Crippen LogP contribution is -2.33. The lowest BCUT2D eigenvalue weighted by molar-refractivity contribution is -0.147. The second-order valence-corrected chi connectivity index (χ2v) is 7.83. The molecule has 0 aromatic heterocycles. The van der Waals surface area contributed by atoms with Gasteiger partial charge in [-0.3, -0.25) is 4.79 Å². The Labute approximate surface area is 155 Å². The fourth-order valence-corrected chi connectivity index (χ4v) is 4.12. The van der Waals surface area contributed by atoms with Crippen molar-refractivity contribution >= 4 is 5.97 Å². The molecule has 1 rings (SSSR count). The third-order valence-corrected chi connectivity index (χ3v) is 5.84. The highest BCUT2D eigenvalue weighted by molar-refractivity contribution is 5.71. The fourth-order valence-electron chi connectivity index (χ4n) is 4.12. The smallest absolute Gasteiger partial charge is 0.309 e. The highest BCUT2D eigenvalue weighted by Gasteiger charge is 2.31. The number of allylic oxidation sites excluding steroid dienone is 1. The van der Waals surface area contributed by atoms with Crippen LogP contribution < -0.4 is 0 Å². The van der Waals surface area contributed by atoms with Gasteiger partial charge in [0.05, 0.1) is 18.6 Å². The molecular formula is C22H40O3. The van der Waals surface area contributed by atoms with Crippen LogP contribution in [0.25, 0.3) is 0 Å². The van der Waals surface area contributed by atoms with Crippen LogP contribution in [0.5, 0.6) is 0 Å². The Morgan fingerprint density at radius 2 is 1.80 bits per heavy atom. The standard InChI is InChI=1S/C22H40O3/c1-5-18(6-2)11-9-12-19(7-3)15-20-13-10-14-22(24,16-20)17-21(23)25-8-4/h16,18-19,24H,5-15,17H2,1-4H3. The van der Waals surface area contributed by atoms with Crippen molar-refractivity contribution in [3.05, 3.63) is 11.6 Å². The number of ether oxygens (including phenoxy) is 1. The predicted octanol–water partition coefficient (Wildman–Crippen LogP) is 5.80. The van der Waals surface area contributed by atoms with E-state index in [1.165, 1.54) is 44.1 Å². The van der Waals surface area contributed by atoms with Crippen LogP contribution in [-0.4, -0.2) is 23.3 Å². The zero-order chi connectivity index (χ0) is 18.7. The summed E-state index contributed by atoms with van der Waals surface area (Å²) in [5, 5.41) is 10.8. The first-order valence-corrected chi connectivity index (χ1v) is 10.5.